The smallest absolute Gasteiger partial charge is 0.257 e. The minimum atomic E-state index is 0.435. The number of aromatic nitrogens is 1. The van der Waals surface area contributed by atoms with Gasteiger partial charge in [0.05, 0.1) is 10.9 Å². The summed E-state index contributed by atoms with van der Waals surface area (Å²) in [5.41, 5.74) is 9.88. The maximum atomic E-state index is 7.07. The van der Waals surface area contributed by atoms with Crippen LogP contribution in [0.3, 0.4) is 0 Å². The number of pyridine rings is 1. The first-order valence-corrected chi connectivity index (χ1v) is 13.8. The van der Waals surface area contributed by atoms with Crippen molar-refractivity contribution in [2.45, 2.75) is 79.6 Å². The lowest BCUT2D eigenvalue weighted by molar-refractivity contribution is -0.633. The molecule has 2 aliphatic rings. The van der Waals surface area contributed by atoms with Crippen LogP contribution in [-0.2, 0) is 13.5 Å². The van der Waals surface area contributed by atoms with E-state index < -0.39 is 0 Å². The van der Waals surface area contributed by atoms with Crippen molar-refractivity contribution in [3.63, 3.8) is 0 Å². The molecule has 1 aliphatic carbocycles. The second-order valence-electron chi connectivity index (χ2n) is 12.7. The molecular weight excluding hydrogens is 438 g/mol. The van der Waals surface area contributed by atoms with Crippen molar-refractivity contribution in [2.75, 3.05) is 0 Å². The summed E-state index contributed by atoms with van der Waals surface area (Å²) in [5, 5.41) is 3.94. The molecule has 0 spiro atoms. The molecule has 186 valence electrons. The Morgan fingerprint density at radius 3 is 2.47 bits per heavy atom. The number of hydrogen-bond acceptors (Lipinski definition) is 1. The van der Waals surface area contributed by atoms with Crippen LogP contribution in [-0.4, -0.2) is 0 Å². The van der Waals surface area contributed by atoms with Gasteiger partial charge in [-0.15, -0.1) is 0 Å². The molecule has 2 nitrogen and oxygen atoms in total. The van der Waals surface area contributed by atoms with Gasteiger partial charge in [-0.2, -0.15) is 4.57 Å². The van der Waals surface area contributed by atoms with Crippen LogP contribution in [0.5, 0.6) is 11.5 Å². The third-order valence-corrected chi connectivity index (χ3v) is 8.97. The second kappa shape index (κ2) is 8.33. The first-order chi connectivity index (χ1) is 17.1. The Morgan fingerprint density at radius 2 is 1.75 bits per heavy atom. The maximum Gasteiger partial charge on any atom is 0.257 e. The van der Waals surface area contributed by atoms with E-state index in [0.717, 1.165) is 17.9 Å². The number of hydrogen-bond donors (Lipinski definition) is 0. The maximum absolute atomic E-state index is 7.07. The number of aryl methyl sites for hydroxylation is 2. The number of benzene rings is 3. The summed E-state index contributed by atoms with van der Waals surface area (Å²) in [4.78, 5) is 0. The third-order valence-electron chi connectivity index (χ3n) is 8.97. The molecule has 6 rings (SSSR count). The van der Waals surface area contributed by atoms with Crippen LogP contribution in [0.4, 0.5) is 0 Å². The molecule has 36 heavy (non-hydrogen) atoms. The fourth-order valence-electron chi connectivity index (χ4n) is 6.87. The summed E-state index contributed by atoms with van der Waals surface area (Å²) in [6.45, 7) is 14.0. The zero-order valence-corrected chi connectivity index (χ0v) is 23.1. The minimum Gasteiger partial charge on any atom is -0.449 e. The molecule has 0 N–H and O–H groups in total. The van der Waals surface area contributed by atoms with Crippen LogP contribution in [0.25, 0.3) is 32.9 Å². The lowest BCUT2D eigenvalue weighted by atomic mass is 9.70. The number of rotatable bonds is 3. The molecule has 1 saturated carbocycles. The van der Waals surface area contributed by atoms with Crippen LogP contribution in [0, 0.1) is 25.2 Å². The van der Waals surface area contributed by atoms with Gasteiger partial charge in [0.2, 0.25) is 11.3 Å². The first-order valence-electron chi connectivity index (χ1n) is 13.8. The minimum absolute atomic E-state index is 0.435. The normalized spacial score (nSPS) is 17.0. The summed E-state index contributed by atoms with van der Waals surface area (Å²) in [6, 6.07) is 16.1. The summed E-state index contributed by atoms with van der Waals surface area (Å²) in [6.07, 6.45) is 6.05. The molecule has 3 aromatic carbocycles. The van der Waals surface area contributed by atoms with Gasteiger partial charge in [0.25, 0.3) is 5.69 Å². The van der Waals surface area contributed by atoms with Crippen molar-refractivity contribution < 1.29 is 9.30 Å². The molecule has 2 heterocycles. The standard InChI is InChI=1S/C34H40NO/c1-20(2)16-23-18-25-17-21(3)22(4)29-31(25)28(19-23)36-33-30(24-12-14-34(5,6)15-13-24)26-10-8-9-11-27(26)35(7)32(29)33/h8-11,17-20,24H,12-16H2,1-7H3/q+1. The summed E-state index contributed by atoms with van der Waals surface area (Å²) < 4.78 is 9.47. The molecule has 1 aromatic heterocycles. The van der Waals surface area contributed by atoms with E-state index in [1.54, 1.807) is 0 Å². The van der Waals surface area contributed by atoms with E-state index in [1.165, 1.54) is 80.9 Å². The largest absolute Gasteiger partial charge is 0.449 e. The number of ether oxygens (including phenoxy) is 1. The van der Waals surface area contributed by atoms with Gasteiger partial charge in [0.15, 0.2) is 0 Å². The van der Waals surface area contributed by atoms with E-state index in [0.29, 0.717) is 17.3 Å². The zero-order valence-electron chi connectivity index (χ0n) is 23.1. The highest BCUT2D eigenvalue weighted by Crippen LogP contribution is 2.54. The SMILES string of the molecule is Cc1cc2cc(CC(C)C)cc3c2c(c1C)-c1c(c(C2CCC(C)(C)CC2)c2ccccc2[n+]1C)O3. The molecule has 1 fully saturated rings. The first kappa shape index (κ1) is 23.5. The van der Waals surface area contributed by atoms with E-state index in [1.807, 2.05) is 0 Å². The van der Waals surface area contributed by atoms with Gasteiger partial charge in [0, 0.05) is 17.0 Å². The summed E-state index contributed by atoms with van der Waals surface area (Å²) in [5.74, 6) is 3.28. The highest BCUT2D eigenvalue weighted by Gasteiger charge is 2.38. The predicted octanol–water partition coefficient (Wildman–Crippen LogP) is 9.09. The predicted molar refractivity (Wildman–Crippen MR) is 151 cm³/mol. The molecule has 1 aliphatic heterocycles. The van der Waals surface area contributed by atoms with E-state index in [2.05, 4.69) is 95.6 Å². The van der Waals surface area contributed by atoms with E-state index in [4.69, 9.17) is 4.74 Å². The van der Waals surface area contributed by atoms with E-state index >= 15 is 0 Å². The monoisotopic (exact) mass is 478 g/mol. The molecule has 0 saturated heterocycles. The molecule has 0 unspecified atom stereocenters. The zero-order chi connectivity index (χ0) is 25.4. The Kier molecular flexibility index (Phi) is 5.44. The third kappa shape index (κ3) is 3.64. The summed E-state index contributed by atoms with van der Waals surface area (Å²) >= 11 is 0. The Labute approximate surface area is 216 Å². The lowest BCUT2D eigenvalue weighted by Crippen LogP contribution is -2.35. The second-order valence-corrected chi connectivity index (χ2v) is 12.7. The average Bonchev–Trinajstić information content (AvgIpc) is 2.82. The van der Waals surface area contributed by atoms with E-state index in [9.17, 15) is 0 Å². The van der Waals surface area contributed by atoms with Gasteiger partial charge in [-0.1, -0.05) is 52.0 Å². The Balaban J connectivity index is 1.69. The van der Waals surface area contributed by atoms with Crippen LogP contribution < -0.4 is 9.30 Å². The number of fused-ring (bicyclic) bond motifs is 3. The summed E-state index contributed by atoms with van der Waals surface area (Å²) in [7, 11) is 2.23. The molecule has 0 amide bonds. The van der Waals surface area contributed by atoms with Crippen LogP contribution in [0.1, 0.15) is 81.5 Å². The van der Waals surface area contributed by atoms with E-state index in [-0.39, 0.29) is 0 Å². The van der Waals surface area contributed by atoms with Gasteiger partial charge in [-0.25, -0.2) is 0 Å². The molecular formula is C34H40NO+. The van der Waals surface area contributed by atoms with Crippen molar-refractivity contribution in [3.05, 3.63) is 64.7 Å². The van der Waals surface area contributed by atoms with Crippen LogP contribution in [0.2, 0.25) is 0 Å². The fraction of sp³-hybridized carbons (Fsp3) is 0.441. The average molecular weight is 479 g/mol. The molecule has 2 heteroatoms. The quantitative estimate of drug-likeness (QED) is 0.236. The van der Waals surface area contributed by atoms with Crippen LogP contribution in [0.15, 0.2) is 42.5 Å². The molecule has 0 bridgehead atoms. The Bertz CT molecular complexity index is 1510. The lowest BCUT2D eigenvalue weighted by Gasteiger charge is -2.36. The van der Waals surface area contributed by atoms with Crippen molar-refractivity contribution in [2.24, 2.45) is 18.4 Å². The van der Waals surface area contributed by atoms with Crippen molar-refractivity contribution in [1.82, 2.24) is 0 Å². The fourth-order valence-corrected chi connectivity index (χ4v) is 6.87. The highest BCUT2D eigenvalue weighted by molar-refractivity contribution is 6.06. The number of para-hydroxylation sites is 1. The van der Waals surface area contributed by atoms with Crippen LogP contribution >= 0.6 is 0 Å². The highest BCUT2D eigenvalue weighted by atomic mass is 16.5. The van der Waals surface area contributed by atoms with Gasteiger partial charge >= 0.3 is 0 Å². The van der Waals surface area contributed by atoms with Gasteiger partial charge in [-0.05, 0) is 97.4 Å². The Hall–Kier alpha value is -2.87. The van der Waals surface area contributed by atoms with Gasteiger partial charge < -0.3 is 4.74 Å². The topological polar surface area (TPSA) is 13.1 Å². The molecule has 0 radical (unpaired) electrons. The van der Waals surface area contributed by atoms with Crippen molar-refractivity contribution in [3.8, 4) is 22.8 Å². The van der Waals surface area contributed by atoms with Crippen molar-refractivity contribution in [1.29, 1.82) is 0 Å². The van der Waals surface area contributed by atoms with Gasteiger partial charge in [0.1, 0.15) is 12.8 Å². The Morgan fingerprint density at radius 1 is 1.03 bits per heavy atom. The van der Waals surface area contributed by atoms with Gasteiger partial charge in [-0.3, -0.25) is 0 Å². The number of nitrogens with zero attached hydrogens (tertiary/aromatic N) is 1. The molecule has 4 aromatic rings. The van der Waals surface area contributed by atoms with Crippen molar-refractivity contribution >= 4 is 21.7 Å². The molecule has 0 atom stereocenters.